The summed E-state index contributed by atoms with van der Waals surface area (Å²) in [4.78, 5) is 13.1. The first-order valence-corrected chi connectivity index (χ1v) is 8.70. The topological polar surface area (TPSA) is 80.2 Å². The molecule has 0 saturated carbocycles. The molecule has 3 aromatic carbocycles. The quantitative estimate of drug-likeness (QED) is 0.737. The van der Waals surface area contributed by atoms with Crippen LogP contribution in [-0.2, 0) is 0 Å². The van der Waals surface area contributed by atoms with Crippen molar-refractivity contribution in [1.29, 1.82) is 0 Å². The van der Waals surface area contributed by atoms with Crippen LogP contribution in [0.15, 0.2) is 66.7 Å². The minimum atomic E-state index is -1.18. The lowest BCUT2D eigenvalue weighted by Gasteiger charge is -2.27. The number of hydrogen-bond donors (Lipinski definition) is 2. The molecular formula is C21H22N2O3. The van der Waals surface area contributed by atoms with Crippen molar-refractivity contribution in [1.82, 2.24) is 0 Å². The monoisotopic (exact) mass is 350 g/mol. The van der Waals surface area contributed by atoms with Crippen LogP contribution >= 0.6 is 0 Å². The molecule has 1 aliphatic rings. The van der Waals surface area contributed by atoms with E-state index in [4.69, 9.17) is 5.11 Å². The zero-order chi connectivity index (χ0) is 18.4. The van der Waals surface area contributed by atoms with Crippen molar-refractivity contribution in [3.8, 4) is 5.75 Å². The summed E-state index contributed by atoms with van der Waals surface area (Å²) < 4.78 is 0. The van der Waals surface area contributed by atoms with Gasteiger partial charge in [-0.1, -0.05) is 54.3 Å². The van der Waals surface area contributed by atoms with Crippen LogP contribution in [0.4, 0.5) is 5.69 Å². The van der Waals surface area contributed by atoms with Gasteiger partial charge in [0, 0.05) is 5.69 Å². The van der Waals surface area contributed by atoms with Crippen LogP contribution in [-0.4, -0.2) is 37.3 Å². The Kier molecular flexibility index (Phi) is 5.71. The number of para-hydroxylation sites is 1. The van der Waals surface area contributed by atoms with E-state index in [1.807, 2.05) is 6.07 Å². The van der Waals surface area contributed by atoms with Gasteiger partial charge >= 0.3 is 5.97 Å². The van der Waals surface area contributed by atoms with Crippen LogP contribution in [0.2, 0.25) is 0 Å². The van der Waals surface area contributed by atoms with Crippen molar-refractivity contribution in [3.63, 3.8) is 0 Å². The van der Waals surface area contributed by atoms with Crippen LogP contribution in [0.5, 0.6) is 5.75 Å². The maximum absolute atomic E-state index is 11.3. The molecule has 4 rings (SSSR count). The van der Waals surface area contributed by atoms with Gasteiger partial charge in [0.15, 0.2) is 0 Å². The second-order valence-electron chi connectivity index (χ2n) is 6.19. The molecule has 1 aliphatic heterocycles. The molecule has 5 heteroatoms. The Labute approximate surface area is 152 Å². The smallest absolute Gasteiger partial charge is 0.335 e. The van der Waals surface area contributed by atoms with E-state index < -0.39 is 11.7 Å². The van der Waals surface area contributed by atoms with Gasteiger partial charge in [-0.3, -0.25) is 0 Å². The summed E-state index contributed by atoms with van der Waals surface area (Å²) in [5.74, 6) is -1.63. The average Bonchev–Trinajstić information content (AvgIpc) is 2.69. The van der Waals surface area contributed by atoms with E-state index in [2.05, 4.69) is 40.5 Å². The summed E-state index contributed by atoms with van der Waals surface area (Å²) in [5, 5.41) is 23.9. The van der Waals surface area contributed by atoms with Crippen LogP contribution in [0.3, 0.4) is 0 Å². The molecule has 0 radical (unpaired) electrons. The highest BCUT2D eigenvalue weighted by Gasteiger charge is 2.11. The first-order chi connectivity index (χ1) is 12.6. The maximum Gasteiger partial charge on any atom is 0.335 e. The van der Waals surface area contributed by atoms with Crippen molar-refractivity contribution >= 4 is 22.4 Å². The minimum Gasteiger partial charge on any atom is -0.872 e. The number of aromatic carboxylic acids is 1. The lowest BCUT2D eigenvalue weighted by atomic mass is 10.1. The SMILES string of the molecule is O=C(O)c1cc2ccccc2cc1[O-].c1ccc(N2CC[NH2+]CC2)cc1. The third kappa shape index (κ3) is 4.32. The molecule has 0 aliphatic carbocycles. The first-order valence-electron chi connectivity index (χ1n) is 8.70. The van der Waals surface area contributed by atoms with Gasteiger partial charge in [-0.15, -0.1) is 0 Å². The highest BCUT2D eigenvalue weighted by Crippen LogP contribution is 2.22. The second-order valence-corrected chi connectivity index (χ2v) is 6.19. The number of nitrogens with two attached hydrogens (primary N) is 1. The predicted octanol–water partition coefficient (Wildman–Crippen LogP) is 1.68. The van der Waals surface area contributed by atoms with Gasteiger partial charge in [-0.05, 0) is 29.0 Å². The van der Waals surface area contributed by atoms with Gasteiger partial charge in [0.05, 0.1) is 31.7 Å². The third-order valence-corrected chi connectivity index (χ3v) is 4.41. The minimum absolute atomic E-state index is 0.177. The van der Waals surface area contributed by atoms with Crippen molar-refractivity contribution in [2.24, 2.45) is 0 Å². The molecule has 1 saturated heterocycles. The number of hydrogen-bond acceptors (Lipinski definition) is 3. The Hall–Kier alpha value is -3.05. The van der Waals surface area contributed by atoms with E-state index in [-0.39, 0.29) is 5.56 Å². The van der Waals surface area contributed by atoms with Crippen molar-refractivity contribution < 1.29 is 20.3 Å². The molecule has 1 fully saturated rings. The third-order valence-electron chi connectivity index (χ3n) is 4.41. The van der Waals surface area contributed by atoms with E-state index >= 15 is 0 Å². The largest absolute Gasteiger partial charge is 0.872 e. The number of anilines is 1. The number of quaternary nitrogens is 1. The van der Waals surface area contributed by atoms with Crippen molar-refractivity contribution in [2.75, 3.05) is 31.1 Å². The van der Waals surface area contributed by atoms with Crippen LogP contribution in [0, 0.1) is 0 Å². The Balaban J connectivity index is 0.000000152. The predicted molar refractivity (Wildman–Crippen MR) is 101 cm³/mol. The molecule has 134 valence electrons. The van der Waals surface area contributed by atoms with E-state index in [0.717, 1.165) is 10.8 Å². The molecule has 1 heterocycles. The standard InChI is InChI=1S/C11H8O3.C10H14N2/c12-10-6-8-4-2-1-3-7(8)5-9(10)11(13)14;1-2-4-10(5-3-1)12-8-6-11-7-9-12/h1-6,12H,(H,13,14);1-5,11H,6-9H2. The number of benzene rings is 3. The Morgan fingerprint density at radius 1 is 0.923 bits per heavy atom. The molecule has 26 heavy (non-hydrogen) atoms. The number of carbonyl (C=O) groups is 1. The molecule has 0 spiro atoms. The Morgan fingerprint density at radius 2 is 1.50 bits per heavy atom. The number of carboxylic acids is 1. The van der Waals surface area contributed by atoms with E-state index in [9.17, 15) is 9.90 Å². The second kappa shape index (κ2) is 8.36. The normalized spacial score (nSPS) is 13.8. The van der Waals surface area contributed by atoms with E-state index in [1.54, 1.807) is 18.2 Å². The van der Waals surface area contributed by atoms with Gasteiger partial charge in [0.25, 0.3) is 0 Å². The summed E-state index contributed by atoms with van der Waals surface area (Å²) in [6, 6.07) is 20.6. The number of piperazine rings is 1. The van der Waals surface area contributed by atoms with Gasteiger partial charge in [0.2, 0.25) is 0 Å². The molecule has 0 unspecified atom stereocenters. The van der Waals surface area contributed by atoms with Gasteiger partial charge < -0.3 is 20.4 Å². The van der Waals surface area contributed by atoms with Crippen molar-refractivity contribution in [2.45, 2.75) is 0 Å². The molecule has 0 aromatic heterocycles. The fraction of sp³-hybridized carbons (Fsp3) is 0.190. The number of fused-ring (bicyclic) bond motifs is 1. The van der Waals surface area contributed by atoms with Gasteiger partial charge in [-0.2, -0.15) is 0 Å². The maximum atomic E-state index is 11.3. The fourth-order valence-corrected chi connectivity index (χ4v) is 3.03. The van der Waals surface area contributed by atoms with Crippen LogP contribution in [0.1, 0.15) is 10.4 Å². The summed E-state index contributed by atoms with van der Waals surface area (Å²) in [6.07, 6.45) is 0. The number of carboxylic acid groups (broad SMARTS) is 1. The molecule has 5 nitrogen and oxygen atoms in total. The summed E-state index contributed by atoms with van der Waals surface area (Å²) >= 11 is 0. The number of nitrogens with zero attached hydrogens (tertiary/aromatic N) is 1. The van der Waals surface area contributed by atoms with E-state index in [0.29, 0.717) is 0 Å². The van der Waals surface area contributed by atoms with Gasteiger partial charge in [0.1, 0.15) is 0 Å². The van der Waals surface area contributed by atoms with Crippen LogP contribution < -0.4 is 15.3 Å². The fourth-order valence-electron chi connectivity index (χ4n) is 3.03. The molecule has 0 bridgehead atoms. The molecule has 3 aromatic rings. The number of rotatable bonds is 2. The van der Waals surface area contributed by atoms with Crippen molar-refractivity contribution in [3.05, 3.63) is 72.3 Å². The van der Waals surface area contributed by atoms with Gasteiger partial charge in [-0.25, -0.2) is 4.79 Å². The lowest BCUT2D eigenvalue weighted by Crippen LogP contribution is -2.89. The summed E-state index contributed by atoms with van der Waals surface area (Å²) in [5.41, 5.74) is 1.19. The van der Waals surface area contributed by atoms with Crippen LogP contribution in [0.25, 0.3) is 10.8 Å². The summed E-state index contributed by atoms with van der Waals surface area (Å²) in [6.45, 7) is 4.83. The lowest BCUT2D eigenvalue weighted by molar-refractivity contribution is -0.655. The molecular weight excluding hydrogens is 328 g/mol. The molecule has 3 N–H and O–H groups in total. The van der Waals surface area contributed by atoms with E-state index in [1.165, 1.54) is 44.0 Å². The zero-order valence-corrected chi connectivity index (χ0v) is 14.5. The summed E-state index contributed by atoms with van der Waals surface area (Å²) in [7, 11) is 0. The Bertz CT molecular complexity index is 875. The average molecular weight is 350 g/mol. The zero-order valence-electron chi connectivity index (χ0n) is 14.5. The Morgan fingerprint density at radius 3 is 2.12 bits per heavy atom. The first kappa shape index (κ1) is 17.8. The molecule has 0 amide bonds. The highest BCUT2D eigenvalue weighted by molar-refractivity contribution is 5.97. The molecule has 0 atom stereocenters. The highest BCUT2D eigenvalue weighted by atomic mass is 16.4.